The molecule has 1 aromatic carbocycles. The van der Waals surface area contributed by atoms with Gasteiger partial charge in [0.15, 0.2) is 0 Å². The van der Waals surface area contributed by atoms with Gasteiger partial charge in [-0.3, -0.25) is 4.57 Å². The monoisotopic (exact) mass is 188 g/mol. The minimum absolute atomic E-state index is 0.104. The molecule has 0 saturated carbocycles. The normalized spacial score (nSPS) is 11.6. The first-order valence-corrected chi connectivity index (χ1v) is 4.92. The molecule has 0 aromatic heterocycles. The Morgan fingerprint density at radius 3 is 2.25 bits per heavy atom. The molecule has 0 spiro atoms. The van der Waals surface area contributed by atoms with Crippen LogP contribution in [0.4, 0.5) is 0 Å². The van der Waals surface area contributed by atoms with E-state index in [0.29, 0.717) is 0 Å². The van der Waals surface area contributed by atoms with E-state index in [9.17, 15) is 4.57 Å². The van der Waals surface area contributed by atoms with Crippen molar-refractivity contribution < 1.29 is 19.5 Å². The highest BCUT2D eigenvalue weighted by molar-refractivity contribution is 7.60. The second kappa shape index (κ2) is 3.37. The van der Waals surface area contributed by atoms with Crippen molar-refractivity contribution in [1.82, 2.24) is 0 Å². The summed E-state index contributed by atoms with van der Waals surface area (Å²) in [4.78, 5) is 17.6. The zero-order valence-corrected chi connectivity index (χ0v) is 7.11. The van der Waals surface area contributed by atoms with Crippen LogP contribution in [0.25, 0.3) is 0 Å². The molecule has 0 bridgehead atoms. The van der Waals surface area contributed by atoms with Crippen molar-refractivity contribution in [3.63, 3.8) is 0 Å². The Balaban J connectivity index is 3.23. The van der Waals surface area contributed by atoms with Crippen molar-refractivity contribution in [1.29, 1.82) is 0 Å². The van der Waals surface area contributed by atoms with Gasteiger partial charge in [-0.2, -0.15) is 0 Å². The standard InChI is InChI=1S/C7H9O4P/c8-5-6-3-1-2-4-7(6)12(9,10)11/h1-4,8H,5H2,(H2,9,10,11). The molecule has 0 amide bonds. The Morgan fingerprint density at radius 2 is 1.83 bits per heavy atom. The Bertz CT molecular complexity index is 317. The van der Waals surface area contributed by atoms with E-state index < -0.39 is 7.60 Å². The SMILES string of the molecule is O=P(O)(O)c1ccccc1CO. The van der Waals surface area contributed by atoms with Gasteiger partial charge in [0.2, 0.25) is 0 Å². The summed E-state index contributed by atoms with van der Waals surface area (Å²) in [5.41, 5.74) is 0.269. The summed E-state index contributed by atoms with van der Waals surface area (Å²) in [6.45, 7) is -0.360. The van der Waals surface area contributed by atoms with Crippen molar-refractivity contribution in [2.24, 2.45) is 0 Å². The maximum atomic E-state index is 10.8. The molecule has 0 aliphatic heterocycles. The maximum Gasteiger partial charge on any atom is 0.356 e. The van der Waals surface area contributed by atoms with Crippen LogP contribution in [-0.2, 0) is 11.2 Å². The van der Waals surface area contributed by atoms with Crippen molar-refractivity contribution in [2.75, 3.05) is 0 Å². The van der Waals surface area contributed by atoms with Crippen LogP contribution in [0.2, 0.25) is 0 Å². The quantitative estimate of drug-likeness (QED) is 0.570. The van der Waals surface area contributed by atoms with Crippen molar-refractivity contribution in [2.45, 2.75) is 6.61 Å². The predicted octanol–water partition coefficient (Wildman–Crippen LogP) is -0.0181. The molecule has 0 heterocycles. The molecule has 0 aliphatic carbocycles. The highest BCUT2D eigenvalue weighted by Crippen LogP contribution is 2.34. The second-order valence-corrected chi connectivity index (χ2v) is 3.90. The molecular formula is C7H9O4P. The average Bonchev–Trinajstić information content (AvgIpc) is 2.03. The molecule has 0 unspecified atom stereocenters. The van der Waals surface area contributed by atoms with Gasteiger partial charge in [0.05, 0.1) is 11.9 Å². The molecule has 0 atom stereocenters. The van der Waals surface area contributed by atoms with Crippen LogP contribution in [0.1, 0.15) is 5.56 Å². The maximum absolute atomic E-state index is 10.8. The molecule has 0 aliphatic rings. The van der Waals surface area contributed by atoms with Gasteiger partial charge in [0.25, 0.3) is 0 Å². The van der Waals surface area contributed by atoms with Crippen LogP contribution >= 0.6 is 7.60 Å². The van der Waals surface area contributed by atoms with Gasteiger partial charge < -0.3 is 14.9 Å². The van der Waals surface area contributed by atoms with Crippen LogP contribution in [0, 0.1) is 0 Å². The summed E-state index contributed by atoms with van der Waals surface area (Å²) in [6, 6.07) is 5.93. The molecule has 1 rings (SSSR count). The first-order valence-electron chi connectivity index (χ1n) is 3.30. The third kappa shape index (κ3) is 1.93. The average molecular weight is 188 g/mol. The fraction of sp³-hybridized carbons (Fsp3) is 0.143. The number of hydrogen-bond acceptors (Lipinski definition) is 2. The third-order valence-electron chi connectivity index (χ3n) is 1.48. The highest BCUT2D eigenvalue weighted by Gasteiger charge is 2.19. The molecule has 0 radical (unpaired) electrons. The van der Waals surface area contributed by atoms with E-state index >= 15 is 0 Å². The first kappa shape index (κ1) is 9.42. The van der Waals surface area contributed by atoms with Gasteiger partial charge in [-0.15, -0.1) is 0 Å². The van der Waals surface area contributed by atoms with Crippen LogP contribution in [-0.4, -0.2) is 14.9 Å². The summed E-state index contributed by atoms with van der Waals surface area (Å²) in [7, 11) is -4.23. The van der Waals surface area contributed by atoms with Gasteiger partial charge in [-0.25, -0.2) is 0 Å². The molecule has 66 valence electrons. The summed E-state index contributed by atoms with van der Waals surface area (Å²) < 4.78 is 10.8. The van der Waals surface area contributed by atoms with Gasteiger partial charge in [-0.1, -0.05) is 18.2 Å². The van der Waals surface area contributed by atoms with Crippen molar-refractivity contribution in [3.05, 3.63) is 29.8 Å². The fourth-order valence-electron chi connectivity index (χ4n) is 0.929. The van der Waals surface area contributed by atoms with Crippen LogP contribution < -0.4 is 5.30 Å². The topological polar surface area (TPSA) is 77.8 Å². The van der Waals surface area contributed by atoms with Crippen LogP contribution in [0.5, 0.6) is 0 Å². The molecule has 5 heteroatoms. The van der Waals surface area contributed by atoms with E-state index in [2.05, 4.69) is 0 Å². The first-order chi connectivity index (χ1) is 5.55. The van der Waals surface area contributed by atoms with Crippen molar-refractivity contribution >= 4 is 12.9 Å². The van der Waals surface area contributed by atoms with E-state index in [4.69, 9.17) is 14.9 Å². The van der Waals surface area contributed by atoms with E-state index in [1.807, 2.05) is 0 Å². The van der Waals surface area contributed by atoms with E-state index in [1.54, 1.807) is 6.07 Å². The lowest BCUT2D eigenvalue weighted by molar-refractivity contribution is 0.282. The van der Waals surface area contributed by atoms with E-state index in [1.165, 1.54) is 18.2 Å². The lowest BCUT2D eigenvalue weighted by Gasteiger charge is -2.07. The Morgan fingerprint density at radius 1 is 1.25 bits per heavy atom. The van der Waals surface area contributed by atoms with E-state index in [0.717, 1.165) is 0 Å². The van der Waals surface area contributed by atoms with Crippen LogP contribution in [0.15, 0.2) is 24.3 Å². The zero-order chi connectivity index (χ0) is 9.19. The number of aliphatic hydroxyl groups is 1. The summed E-state index contributed by atoms with van der Waals surface area (Å²) in [6.07, 6.45) is 0. The Labute approximate surface area is 69.6 Å². The highest BCUT2D eigenvalue weighted by atomic mass is 31.2. The minimum Gasteiger partial charge on any atom is -0.392 e. The van der Waals surface area contributed by atoms with Crippen molar-refractivity contribution in [3.8, 4) is 0 Å². The summed E-state index contributed by atoms with van der Waals surface area (Å²) >= 11 is 0. The Kier molecular flexibility index (Phi) is 2.65. The van der Waals surface area contributed by atoms with Gasteiger partial charge in [-0.05, 0) is 11.6 Å². The molecule has 12 heavy (non-hydrogen) atoms. The largest absolute Gasteiger partial charge is 0.392 e. The molecular weight excluding hydrogens is 179 g/mol. The predicted molar refractivity (Wildman–Crippen MR) is 44.0 cm³/mol. The smallest absolute Gasteiger partial charge is 0.356 e. The lowest BCUT2D eigenvalue weighted by atomic mass is 10.2. The minimum atomic E-state index is -4.23. The fourth-order valence-corrected chi connectivity index (χ4v) is 1.73. The van der Waals surface area contributed by atoms with Gasteiger partial charge in [0, 0.05) is 0 Å². The third-order valence-corrected chi connectivity index (χ3v) is 2.54. The summed E-state index contributed by atoms with van der Waals surface area (Å²) in [5.74, 6) is 0. The van der Waals surface area contributed by atoms with Gasteiger partial charge >= 0.3 is 7.60 Å². The number of benzene rings is 1. The molecule has 4 nitrogen and oxygen atoms in total. The number of aliphatic hydroxyl groups excluding tert-OH is 1. The van der Waals surface area contributed by atoms with Gasteiger partial charge in [0.1, 0.15) is 0 Å². The second-order valence-electron chi connectivity index (χ2n) is 2.33. The number of rotatable bonds is 2. The van der Waals surface area contributed by atoms with Crippen LogP contribution in [0.3, 0.4) is 0 Å². The molecule has 0 saturated heterocycles. The zero-order valence-electron chi connectivity index (χ0n) is 6.21. The lowest BCUT2D eigenvalue weighted by Crippen LogP contribution is -2.10. The molecule has 0 fully saturated rings. The molecule has 1 aromatic rings. The molecule has 3 N–H and O–H groups in total. The van der Waals surface area contributed by atoms with E-state index in [-0.39, 0.29) is 17.5 Å². The number of hydrogen-bond donors (Lipinski definition) is 3. The Hall–Kier alpha value is -0.670. The summed E-state index contributed by atoms with van der Waals surface area (Å²) in [5, 5.41) is 8.63.